The Hall–Kier alpha value is -2.20. The molecular weight excluding hydrogens is 280 g/mol. The van der Waals surface area contributed by atoms with Crippen molar-refractivity contribution in [3.8, 4) is 6.07 Å². The van der Waals surface area contributed by atoms with Gasteiger partial charge in [0.05, 0.1) is 18.8 Å². The Morgan fingerprint density at radius 1 is 1.64 bits per heavy atom. The van der Waals surface area contributed by atoms with Gasteiger partial charge in [-0.2, -0.15) is 5.26 Å². The molecule has 1 saturated heterocycles. The van der Waals surface area contributed by atoms with E-state index in [4.69, 9.17) is 5.26 Å². The van der Waals surface area contributed by atoms with Crippen LogP contribution in [0.4, 0.5) is 5.82 Å². The van der Waals surface area contributed by atoms with Crippen LogP contribution in [0.25, 0.3) is 0 Å². The molecule has 1 aromatic rings. The maximum Gasteiger partial charge on any atom is 0.239 e. The molecule has 1 amide bonds. The maximum atomic E-state index is 12.5. The van der Waals surface area contributed by atoms with E-state index in [-0.39, 0.29) is 24.5 Å². The summed E-state index contributed by atoms with van der Waals surface area (Å²) in [6, 6.07) is 2.08. The number of likely N-dealkylation sites (tertiary alicyclic amines) is 1. The van der Waals surface area contributed by atoms with E-state index in [2.05, 4.69) is 28.4 Å². The van der Waals surface area contributed by atoms with E-state index in [0.717, 1.165) is 19.3 Å². The van der Waals surface area contributed by atoms with Gasteiger partial charge < -0.3 is 10.3 Å². The third-order valence-electron chi connectivity index (χ3n) is 3.97. The molecule has 2 atom stereocenters. The van der Waals surface area contributed by atoms with Gasteiger partial charge in [-0.05, 0) is 26.2 Å². The minimum Gasteiger partial charge on any atom is -0.325 e. The maximum absolute atomic E-state index is 12.5. The zero-order chi connectivity index (χ0) is 15.9. The van der Waals surface area contributed by atoms with Gasteiger partial charge in [0.1, 0.15) is 6.04 Å². The van der Waals surface area contributed by atoms with Gasteiger partial charge in [0.25, 0.3) is 0 Å². The second-order valence-corrected chi connectivity index (χ2v) is 5.46. The first-order valence-corrected chi connectivity index (χ1v) is 7.64. The van der Waals surface area contributed by atoms with Gasteiger partial charge in [-0.15, -0.1) is 0 Å². The molecule has 0 radical (unpaired) electrons. The number of anilines is 1. The molecule has 7 heteroatoms. The molecule has 1 fully saturated rings. The molecule has 1 aliphatic rings. The summed E-state index contributed by atoms with van der Waals surface area (Å²) < 4.78 is 0. The van der Waals surface area contributed by atoms with Crippen molar-refractivity contribution in [2.75, 3.05) is 18.5 Å². The zero-order valence-corrected chi connectivity index (χ0v) is 13.1. The lowest BCUT2D eigenvalue weighted by molar-refractivity contribution is -0.132. The lowest BCUT2D eigenvalue weighted by Crippen LogP contribution is -2.47. The largest absolute Gasteiger partial charge is 0.325 e. The fourth-order valence-corrected chi connectivity index (χ4v) is 2.47. The van der Waals surface area contributed by atoms with E-state index < -0.39 is 0 Å². The quantitative estimate of drug-likeness (QED) is 0.800. The Kier molecular flexibility index (Phi) is 5.67. The second kappa shape index (κ2) is 7.71. The third kappa shape index (κ3) is 3.92. The minimum absolute atomic E-state index is 0.0271. The van der Waals surface area contributed by atoms with Gasteiger partial charge in [0.2, 0.25) is 5.91 Å². The van der Waals surface area contributed by atoms with Crippen molar-refractivity contribution < 1.29 is 4.79 Å². The fourth-order valence-electron chi connectivity index (χ4n) is 2.47. The fraction of sp³-hybridized carbons (Fsp3) is 0.600. The molecule has 0 saturated carbocycles. The summed E-state index contributed by atoms with van der Waals surface area (Å²) in [4.78, 5) is 22.4. The molecule has 2 rings (SSSR count). The number of hydrogen-bond donors (Lipinski definition) is 1. The summed E-state index contributed by atoms with van der Waals surface area (Å²) in [7, 11) is 0. The summed E-state index contributed by atoms with van der Waals surface area (Å²) in [5.41, 5.74) is 3.15. The van der Waals surface area contributed by atoms with Gasteiger partial charge in [-0.3, -0.25) is 9.78 Å². The highest BCUT2D eigenvalue weighted by Crippen LogP contribution is 2.17. The molecule has 0 spiro atoms. The van der Waals surface area contributed by atoms with Crippen LogP contribution in [0.5, 0.6) is 0 Å². The van der Waals surface area contributed by atoms with Crippen molar-refractivity contribution in [3.63, 3.8) is 0 Å². The van der Waals surface area contributed by atoms with Crippen molar-refractivity contribution in [1.29, 1.82) is 5.26 Å². The average molecular weight is 302 g/mol. The molecule has 1 N–H and O–H groups in total. The summed E-state index contributed by atoms with van der Waals surface area (Å²) >= 11 is 0. The van der Waals surface area contributed by atoms with Gasteiger partial charge in [0, 0.05) is 25.0 Å². The molecule has 1 unspecified atom stereocenters. The first kappa shape index (κ1) is 16.2. The number of carbonyl (C=O) groups is 1. The number of aromatic nitrogens is 2. The number of amides is 1. The van der Waals surface area contributed by atoms with Crippen molar-refractivity contribution >= 4 is 11.7 Å². The molecule has 22 heavy (non-hydrogen) atoms. The van der Waals surface area contributed by atoms with Crippen LogP contribution in [0.3, 0.4) is 0 Å². The SMILES string of the molecule is CC[C@H](C)N(CC(=O)N1CCCC1C#N)Nc1cnccn1. The van der Waals surface area contributed by atoms with Crippen LogP contribution in [0, 0.1) is 11.3 Å². The highest BCUT2D eigenvalue weighted by Gasteiger charge is 2.30. The summed E-state index contributed by atoms with van der Waals surface area (Å²) in [6.07, 6.45) is 7.38. The van der Waals surface area contributed by atoms with Crippen molar-refractivity contribution in [1.82, 2.24) is 19.9 Å². The van der Waals surface area contributed by atoms with Crippen LogP contribution >= 0.6 is 0 Å². The lowest BCUT2D eigenvalue weighted by atomic mass is 10.2. The molecule has 7 nitrogen and oxygen atoms in total. The number of nitriles is 1. The standard InChI is InChI=1S/C15H22N6O/c1-3-12(2)21(19-14-10-17-6-7-18-14)11-15(22)20-8-4-5-13(20)9-16/h6-7,10,12-13H,3-5,8,11H2,1-2H3,(H,18,19)/t12-,13?/m0/s1. The topological polar surface area (TPSA) is 85.2 Å². The predicted octanol–water partition coefficient (Wildman–Crippen LogP) is 1.42. The van der Waals surface area contributed by atoms with Crippen LogP contribution in [0.15, 0.2) is 18.6 Å². The molecule has 0 aromatic carbocycles. The highest BCUT2D eigenvalue weighted by atomic mass is 16.2. The van der Waals surface area contributed by atoms with Crippen molar-refractivity contribution in [2.45, 2.75) is 45.2 Å². The Bertz CT molecular complexity index is 529. The summed E-state index contributed by atoms with van der Waals surface area (Å²) in [6.45, 7) is 4.98. The van der Waals surface area contributed by atoms with E-state index in [0.29, 0.717) is 12.4 Å². The third-order valence-corrected chi connectivity index (χ3v) is 3.97. The molecule has 118 valence electrons. The van der Waals surface area contributed by atoms with Gasteiger partial charge in [0.15, 0.2) is 5.82 Å². The smallest absolute Gasteiger partial charge is 0.239 e. The van der Waals surface area contributed by atoms with Crippen LogP contribution in [-0.2, 0) is 4.79 Å². The Balaban J connectivity index is 2.03. The Morgan fingerprint density at radius 2 is 2.45 bits per heavy atom. The van der Waals surface area contributed by atoms with Crippen molar-refractivity contribution in [2.24, 2.45) is 0 Å². The lowest BCUT2D eigenvalue weighted by Gasteiger charge is -2.30. The first-order valence-electron chi connectivity index (χ1n) is 7.64. The molecule has 2 heterocycles. The minimum atomic E-state index is -0.289. The molecule has 0 bridgehead atoms. The summed E-state index contributed by atoms with van der Waals surface area (Å²) in [5, 5.41) is 11.0. The molecule has 0 aliphatic carbocycles. The second-order valence-electron chi connectivity index (χ2n) is 5.46. The monoisotopic (exact) mass is 302 g/mol. The number of rotatable bonds is 6. The number of hydrazine groups is 1. The van der Waals surface area contributed by atoms with E-state index >= 15 is 0 Å². The first-order chi connectivity index (χ1) is 10.7. The zero-order valence-electron chi connectivity index (χ0n) is 13.1. The van der Waals surface area contributed by atoms with E-state index in [9.17, 15) is 4.79 Å². The molecular formula is C15H22N6O. The van der Waals surface area contributed by atoms with E-state index in [1.807, 2.05) is 11.9 Å². The van der Waals surface area contributed by atoms with Gasteiger partial charge in [-0.1, -0.05) is 6.92 Å². The Morgan fingerprint density at radius 3 is 3.09 bits per heavy atom. The van der Waals surface area contributed by atoms with Crippen LogP contribution in [-0.4, -0.2) is 51.0 Å². The van der Waals surface area contributed by atoms with Gasteiger partial charge >= 0.3 is 0 Å². The average Bonchev–Trinajstić information content (AvgIpc) is 3.03. The number of nitrogens with zero attached hydrogens (tertiary/aromatic N) is 5. The highest BCUT2D eigenvalue weighted by molar-refractivity contribution is 5.79. The normalized spacial score (nSPS) is 19.0. The van der Waals surface area contributed by atoms with Crippen LogP contribution in [0.2, 0.25) is 0 Å². The Labute approximate surface area is 130 Å². The number of carbonyl (C=O) groups excluding carboxylic acids is 1. The molecule has 1 aliphatic heterocycles. The number of hydrogen-bond acceptors (Lipinski definition) is 6. The van der Waals surface area contributed by atoms with Crippen LogP contribution in [0.1, 0.15) is 33.1 Å². The van der Waals surface area contributed by atoms with E-state index in [1.165, 1.54) is 0 Å². The predicted molar refractivity (Wildman–Crippen MR) is 82.5 cm³/mol. The molecule has 1 aromatic heterocycles. The van der Waals surface area contributed by atoms with Gasteiger partial charge in [-0.25, -0.2) is 9.99 Å². The van der Waals surface area contributed by atoms with E-state index in [1.54, 1.807) is 23.5 Å². The number of nitrogens with one attached hydrogen (secondary N) is 1. The summed E-state index contributed by atoms with van der Waals surface area (Å²) in [5.74, 6) is 0.578. The van der Waals surface area contributed by atoms with Crippen molar-refractivity contribution in [3.05, 3.63) is 18.6 Å². The van der Waals surface area contributed by atoms with Crippen LogP contribution < -0.4 is 5.43 Å².